The molecule has 402 valence electrons. The molecule has 31 nitrogen and oxygen atoms in total. The van der Waals surface area contributed by atoms with Gasteiger partial charge in [-0.1, -0.05) is 0 Å². The van der Waals surface area contributed by atoms with E-state index in [4.69, 9.17) is 52.1 Å². The molecule has 69 heavy (non-hydrogen) atoms. The van der Waals surface area contributed by atoms with Gasteiger partial charge in [0.2, 0.25) is 5.91 Å². The Hall–Kier alpha value is -1.69. The number of rotatable bonds is 16. The summed E-state index contributed by atoms with van der Waals surface area (Å²) in [4.78, 5) is 12.6. The van der Waals surface area contributed by atoms with Gasteiger partial charge in [0.1, 0.15) is 140 Å². The van der Waals surface area contributed by atoms with Gasteiger partial charge in [-0.15, -0.1) is 0 Å². The first kappa shape index (κ1) is 56.6. The van der Waals surface area contributed by atoms with E-state index in [1.54, 1.807) is 0 Å². The van der Waals surface area contributed by atoms with Gasteiger partial charge in [-0.2, -0.15) is 0 Å². The fraction of sp³-hybridized carbons (Fsp3) is 0.974. The van der Waals surface area contributed by atoms with Crippen LogP contribution >= 0.6 is 0 Å². The SMILES string of the molecule is CC(=O)N[C@H]1[C@H](O[C@H]2[C@@H](O)[C@@H](CO)O[C@@H](O[C@H]3[C@H](O)[C@@H](O)[C@H](O)O[C@@H]3CO)[C@@H]2O)O[C@H](CO)[C@@H](O[C@@H]2O[C@H](CO)[C@H](O)[C@H](O)[C@H]2O[C@H]2O[C@@H](C)[C@@H](O)[C@@H](O[C@H]3O[C@H](CO)[C@H](O)[C@H](O)[C@H]3O)[C@@H]2O)[C@@H]1O. The van der Waals surface area contributed by atoms with Crippen LogP contribution in [0.5, 0.6) is 0 Å². The molecule has 6 rings (SSSR count). The molecule has 30 atom stereocenters. The van der Waals surface area contributed by atoms with Crippen molar-refractivity contribution in [3.63, 3.8) is 0 Å². The average Bonchev–Trinajstić information content (AvgIpc) is 3.32. The van der Waals surface area contributed by atoms with Crippen LogP contribution < -0.4 is 5.32 Å². The van der Waals surface area contributed by atoms with Crippen LogP contribution in [0.15, 0.2) is 0 Å². The minimum atomic E-state index is -2.13. The third kappa shape index (κ3) is 11.8. The van der Waals surface area contributed by atoms with E-state index in [1.807, 2.05) is 0 Å². The molecule has 6 aliphatic rings. The third-order valence-corrected chi connectivity index (χ3v) is 12.8. The molecule has 0 aliphatic carbocycles. The maximum atomic E-state index is 12.6. The van der Waals surface area contributed by atoms with E-state index in [0.29, 0.717) is 0 Å². The van der Waals surface area contributed by atoms with Crippen molar-refractivity contribution < 1.29 is 149 Å². The topological polar surface area (TPSA) is 495 Å². The van der Waals surface area contributed by atoms with Crippen LogP contribution in [-0.4, -0.2) is 315 Å². The zero-order valence-corrected chi connectivity index (χ0v) is 36.8. The Morgan fingerprint density at radius 2 is 0.768 bits per heavy atom. The van der Waals surface area contributed by atoms with Gasteiger partial charge in [0.15, 0.2) is 37.7 Å². The molecular formula is C38H65NO30. The Bertz CT molecular complexity index is 1610. The second-order valence-electron chi connectivity index (χ2n) is 17.5. The molecule has 6 aliphatic heterocycles. The summed E-state index contributed by atoms with van der Waals surface area (Å²) < 4.78 is 62.3. The zero-order valence-electron chi connectivity index (χ0n) is 36.8. The molecule has 0 bridgehead atoms. The van der Waals surface area contributed by atoms with E-state index < -0.39 is 223 Å². The Kier molecular flexibility index (Phi) is 19.8. The van der Waals surface area contributed by atoms with Crippen molar-refractivity contribution in [1.82, 2.24) is 5.32 Å². The molecule has 0 radical (unpaired) electrons. The molecule has 0 aromatic carbocycles. The van der Waals surface area contributed by atoms with Crippen LogP contribution in [0.25, 0.3) is 0 Å². The summed E-state index contributed by atoms with van der Waals surface area (Å²) in [5.74, 6) is -0.851. The number of amides is 1. The molecule has 0 spiro atoms. The van der Waals surface area contributed by atoms with E-state index in [2.05, 4.69) is 5.32 Å². The normalized spacial score (nSPS) is 52.1. The maximum Gasteiger partial charge on any atom is 0.217 e. The maximum absolute atomic E-state index is 12.6. The van der Waals surface area contributed by atoms with Crippen molar-refractivity contribution >= 4 is 5.91 Å². The summed E-state index contributed by atoms with van der Waals surface area (Å²) in [5, 5.41) is 193. The van der Waals surface area contributed by atoms with Gasteiger partial charge >= 0.3 is 0 Å². The second kappa shape index (κ2) is 24.1. The first-order valence-electron chi connectivity index (χ1n) is 22.0. The quantitative estimate of drug-likeness (QED) is 0.0682. The van der Waals surface area contributed by atoms with E-state index in [9.17, 15) is 96.7 Å². The first-order chi connectivity index (χ1) is 32.6. The van der Waals surface area contributed by atoms with Crippen molar-refractivity contribution in [3.8, 4) is 0 Å². The van der Waals surface area contributed by atoms with Crippen LogP contribution in [0.3, 0.4) is 0 Å². The van der Waals surface area contributed by atoms with Gasteiger partial charge in [-0.3, -0.25) is 4.79 Å². The fourth-order valence-electron chi connectivity index (χ4n) is 8.84. The Balaban J connectivity index is 1.22. The van der Waals surface area contributed by atoms with Crippen molar-refractivity contribution in [3.05, 3.63) is 0 Å². The minimum absolute atomic E-state index is 0.846. The molecule has 6 heterocycles. The first-order valence-corrected chi connectivity index (χ1v) is 22.0. The largest absolute Gasteiger partial charge is 0.394 e. The highest BCUT2D eigenvalue weighted by Crippen LogP contribution is 2.37. The molecular weight excluding hydrogens is 950 g/mol. The number of aliphatic hydroxyl groups excluding tert-OH is 18. The number of carbonyl (C=O) groups excluding carboxylic acids is 1. The Morgan fingerprint density at radius 1 is 0.377 bits per heavy atom. The lowest BCUT2D eigenvalue weighted by Gasteiger charge is -2.50. The summed E-state index contributed by atoms with van der Waals surface area (Å²) in [7, 11) is 0. The molecule has 0 saturated carbocycles. The van der Waals surface area contributed by atoms with E-state index in [-0.39, 0.29) is 0 Å². The van der Waals surface area contributed by atoms with Crippen molar-refractivity contribution in [2.75, 3.05) is 33.0 Å². The van der Waals surface area contributed by atoms with Crippen LogP contribution in [0.1, 0.15) is 13.8 Å². The van der Waals surface area contributed by atoms with Crippen molar-refractivity contribution in [2.45, 2.75) is 198 Å². The van der Waals surface area contributed by atoms with E-state index in [1.165, 1.54) is 6.92 Å². The minimum Gasteiger partial charge on any atom is -0.394 e. The molecule has 1 amide bonds. The highest BCUT2D eigenvalue weighted by Gasteiger charge is 2.58. The van der Waals surface area contributed by atoms with Gasteiger partial charge in [-0.25, -0.2) is 0 Å². The standard InChI is InChI=1S/C38H65NO30/c1-8-16(46)30(68-35-25(55)21(51)17(47)10(3-40)61-35)26(56)36(59-8)69-32-22(52)18(48)11(4-41)63-38(32)66-28-14(7-44)64-34(15(20(28)50)39-9(2)45)67-31-19(49)12(5-42)62-37(27(31)57)65-29-13(6-43)60-33(58)24(54)23(29)53/h8,10-38,40-44,46-58H,3-7H2,1-2H3,(H,39,45)/t8-,10+,11+,12+,13+,14+,15+,16+,17-,18-,19-,20+,21-,22-,23+,24+,25+,26-,27+,28+,29+,30+,31-,32+,33+,34-,35+,36+,37-,38-/m0/s1. The lowest BCUT2D eigenvalue weighted by Crippen LogP contribution is -2.70. The van der Waals surface area contributed by atoms with Gasteiger partial charge in [0.25, 0.3) is 0 Å². The summed E-state index contributed by atoms with van der Waals surface area (Å²) in [6.07, 6.45) is -54.1. The Morgan fingerprint density at radius 3 is 1.33 bits per heavy atom. The zero-order chi connectivity index (χ0) is 50.9. The highest BCUT2D eigenvalue weighted by molar-refractivity contribution is 5.73. The van der Waals surface area contributed by atoms with E-state index >= 15 is 0 Å². The monoisotopic (exact) mass is 1020 g/mol. The van der Waals surface area contributed by atoms with Gasteiger partial charge < -0.3 is 149 Å². The molecule has 6 fully saturated rings. The smallest absolute Gasteiger partial charge is 0.217 e. The third-order valence-electron chi connectivity index (χ3n) is 12.8. The predicted octanol–water partition coefficient (Wildman–Crippen LogP) is -12.9. The van der Waals surface area contributed by atoms with Crippen LogP contribution in [0, 0.1) is 0 Å². The van der Waals surface area contributed by atoms with Gasteiger partial charge in [0, 0.05) is 6.92 Å². The van der Waals surface area contributed by atoms with Crippen LogP contribution in [0.4, 0.5) is 0 Å². The summed E-state index contributed by atoms with van der Waals surface area (Å²) >= 11 is 0. The molecule has 31 heteroatoms. The molecule has 0 unspecified atom stereocenters. The van der Waals surface area contributed by atoms with E-state index in [0.717, 1.165) is 6.92 Å². The Labute approximate surface area is 390 Å². The number of carbonyl (C=O) groups is 1. The lowest BCUT2D eigenvalue weighted by atomic mass is 9.94. The molecule has 19 N–H and O–H groups in total. The lowest BCUT2D eigenvalue weighted by molar-refractivity contribution is -0.397. The number of hydrogen-bond donors (Lipinski definition) is 19. The average molecular weight is 1020 g/mol. The molecule has 0 aromatic heterocycles. The summed E-state index contributed by atoms with van der Waals surface area (Å²) in [6.45, 7) is -2.43. The number of ether oxygens (including phenoxy) is 11. The molecule has 6 saturated heterocycles. The van der Waals surface area contributed by atoms with Gasteiger partial charge in [0.05, 0.1) is 39.1 Å². The molecule has 0 aromatic rings. The van der Waals surface area contributed by atoms with Crippen LogP contribution in [0.2, 0.25) is 0 Å². The summed E-state index contributed by atoms with van der Waals surface area (Å²) in [6, 6.07) is -1.79. The number of nitrogens with one attached hydrogen (secondary N) is 1. The van der Waals surface area contributed by atoms with Crippen LogP contribution in [-0.2, 0) is 56.9 Å². The van der Waals surface area contributed by atoms with Crippen molar-refractivity contribution in [2.24, 2.45) is 0 Å². The fourth-order valence-corrected chi connectivity index (χ4v) is 8.84. The van der Waals surface area contributed by atoms with Crippen molar-refractivity contribution in [1.29, 1.82) is 0 Å². The number of aliphatic hydroxyl groups is 18. The predicted molar refractivity (Wildman–Crippen MR) is 209 cm³/mol. The summed E-state index contributed by atoms with van der Waals surface area (Å²) in [5.41, 5.74) is 0. The van der Waals surface area contributed by atoms with Gasteiger partial charge in [-0.05, 0) is 6.92 Å². The highest BCUT2D eigenvalue weighted by atomic mass is 16.8. The number of hydrogen-bond acceptors (Lipinski definition) is 30. The second-order valence-corrected chi connectivity index (χ2v) is 17.5.